The van der Waals surface area contributed by atoms with Gasteiger partial charge in [0.15, 0.2) is 5.16 Å². The molecule has 7 heteroatoms. The van der Waals surface area contributed by atoms with Crippen molar-refractivity contribution in [3.8, 4) is 0 Å². The van der Waals surface area contributed by atoms with E-state index in [-0.39, 0.29) is 11.4 Å². The number of benzene rings is 3. The van der Waals surface area contributed by atoms with Gasteiger partial charge in [0.2, 0.25) is 0 Å². The van der Waals surface area contributed by atoms with E-state index < -0.39 is 0 Å². The SMILES string of the molecule is CCN(CCCn1c(SCc2c(F)cccc2Cl)nc2ccccc2c1=O)c1ccccc1. The minimum atomic E-state index is -0.355. The predicted octanol–water partition coefficient (Wildman–Crippen LogP) is 6.40. The number of hydrogen-bond donors (Lipinski definition) is 0. The molecule has 0 radical (unpaired) electrons. The quantitative estimate of drug-likeness (QED) is 0.205. The second kappa shape index (κ2) is 10.9. The molecule has 0 bridgehead atoms. The lowest BCUT2D eigenvalue weighted by atomic mass is 10.2. The van der Waals surface area contributed by atoms with Gasteiger partial charge >= 0.3 is 0 Å². The first-order valence-corrected chi connectivity index (χ1v) is 12.3. The molecule has 0 aliphatic carbocycles. The zero-order chi connectivity index (χ0) is 23.2. The highest BCUT2D eigenvalue weighted by Crippen LogP contribution is 2.28. The third-order valence-electron chi connectivity index (χ3n) is 5.55. The fourth-order valence-corrected chi connectivity index (χ4v) is 5.16. The molecule has 4 aromatic rings. The molecule has 0 saturated heterocycles. The normalized spacial score (nSPS) is 11.1. The number of fused-ring (bicyclic) bond motifs is 1. The van der Waals surface area contributed by atoms with Gasteiger partial charge in [0.1, 0.15) is 5.82 Å². The van der Waals surface area contributed by atoms with E-state index >= 15 is 0 Å². The van der Waals surface area contributed by atoms with Crippen molar-refractivity contribution in [3.05, 3.63) is 99.6 Å². The first kappa shape index (κ1) is 23.3. The predicted molar refractivity (Wildman–Crippen MR) is 136 cm³/mol. The molecule has 0 saturated carbocycles. The standard InChI is InChI=1S/C26H25ClFN3OS/c1-2-30(19-10-4-3-5-11-19)16-9-17-31-25(32)20-12-6-7-15-24(20)29-26(31)33-18-21-22(27)13-8-14-23(21)28/h3-8,10-15H,2,9,16-18H2,1H3. The molecule has 1 heterocycles. The fraction of sp³-hybridized carbons (Fsp3) is 0.231. The van der Waals surface area contributed by atoms with E-state index in [1.54, 1.807) is 22.8 Å². The lowest BCUT2D eigenvalue weighted by molar-refractivity contribution is 0.558. The lowest BCUT2D eigenvalue weighted by Gasteiger charge is -2.23. The zero-order valence-electron chi connectivity index (χ0n) is 18.4. The Kier molecular flexibility index (Phi) is 7.68. The van der Waals surface area contributed by atoms with E-state index in [0.29, 0.717) is 38.9 Å². The molecule has 4 nitrogen and oxygen atoms in total. The monoisotopic (exact) mass is 481 g/mol. The Hall–Kier alpha value is -2.83. The van der Waals surface area contributed by atoms with Crippen LogP contribution in [-0.2, 0) is 12.3 Å². The molecule has 0 fully saturated rings. The Morgan fingerprint density at radius 2 is 1.79 bits per heavy atom. The molecule has 170 valence electrons. The Morgan fingerprint density at radius 3 is 2.55 bits per heavy atom. The van der Waals surface area contributed by atoms with Crippen LogP contribution in [0, 0.1) is 5.82 Å². The molecular weight excluding hydrogens is 457 g/mol. The Bertz CT molecular complexity index is 1280. The summed E-state index contributed by atoms with van der Waals surface area (Å²) in [7, 11) is 0. The molecule has 0 spiro atoms. The highest BCUT2D eigenvalue weighted by Gasteiger charge is 2.14. The van der Waals surface area contributed by atoms with Crippen molar-refractivity contribution >= 4 is 40.0 Å². The van der Waals surface area contributed by atoms with Gasteiger partial charge in [0, 0.05) is 41.7 Å². The maximum absolute atomic E-state index is 14.3. The van der Waals surface area contributed by atoms with Crippen LogP contribution < -0.4 is 10.5 Å². The van der Waals surface area contributed by atoms with Crippen LogP contribution in [0.3, 0.4) is 0 Å². The third-order valence-corrected chi connectivity index (χ3v) is 6.90. The van der Waals surface area contributed by atoms with Crippen molar-refractivity contribution in [1.82, 2.24) is 9.55 Å². The molecule has 3 aromatic carbocycles. The van der Waals surface area contributed by atoms with Crippen LogP contribution in [0.4, 0.5) is 10.1 Å². The van der Waals surface area contributed by atoms with Crippen LogP contribution in [0.1, 0.15) is 18.9 Å². The minimum absolute atomic E-state index is 0.0782. The first-order chi connectivity index (χ1) is 16.1. The average Bonchev–Trinajstić information content (AvgIpc) is 2.83. The van der Waals surface area contributed by atoms with Gasteiger partial charge in [-0.2, -0.15) is 0 Å². The molecular formula is C26H25ClFN3OS. The van der Waals surface area contributed by atoms with Crippen LogP contribution >= 0.6 is 23.4 Å². The van der Waals surface area contributed by atoms with Crippen molar-refractivity contribution in [1.29, 1.82) is 0 Å². The van der Waals surface area contributed by atoms with Crippen molar-refractivity contribution < 1.29 is 4.39 Å². The maximum Gasteiger partial charge on any atom is 0.262 e. The molecule has 33 heavy (non-hydrogen) atoms. The van der Waals surface area contributed by atoms with Crippen LogP contribution in [0.2, 0.25) is 5.02 Å². The summed E-state index contributed by atoms with van der Waals surface area (Å²) in [5.41, 5.74) is 2.14. The summed E-state index contributed by atoms with van der Waals surface area (Å²) in [6.45, 7) is 4.33. The largest absolute Gasteiger partial charge is 0.372 e. The number of hydrogen-bond acceptors (Lipinski definition) is 4. The molecule has 0 amide bonds. The van der Waals surface area contributed by atoms with Crippen LogP contribution in [0.25, 0.3) is 10.9 Å². The van der Waals surface area contributed by atoms with E-state index in [4.69, 9.17) is 16.6 Å². The molecule has 1 aromatic heterocycles. The summed E-state index contributed by atoms with van der Waals surface area (Å²) in [5, 5.41) is 1.53. The van der Waals surface area contributed by atoms with Gasteiger partial charge in [-0.25, -0.2) is 9.37 Å². The second-order valence-electron chi connectivity index (χ2n) is 7.63. The van der Waals surface area contributed by atoms with Crippen molar-refractivity contribution in [2.24, 2.45) is 0 Å². The van der Waals surface area contributed by atoms with Crippen molar-refractivity contribution in [3.63, 3.8) is 0 Å². The highest BCUT2D eigenvalue weighted by molar-refractivity contribution is 7.98. The van der Waals surface area contributed by atoms with E-state index in [9.17, 15) is 9.18 Å². The van der Waals surface area contributed by atoms with Crippen LogP contribution in [0.5, 0.6) is 0 Å². The summed E-state index contributed by atoms with van der Waals surface area (Å²) in [4.78, 5) is 20.3. The topological polar surface area (TPSA) is 38.1 Å². The molecule has 0 aliphatic heterocycles. The number of nitrogens with zero attached hydrogens (tertiary/aromatic N) is 3. The van der Waals surface area contributed by atoms with E-state index in [2.05, 4.69) is 24.0 Å². The Labute approximate surface area is 202 Å². The highest BCUT2D eigenvalue weighted by atomic mass is 35.5. The summed E-state index contributed by atoms with van der Waals surface area (Å²) in [5.74, 6) is -0.0624. The van der Waals surface area contributed by atoms with Gasteiger partial charge < -0.3 is 4.90 Å². The Balaban J connectivity index is 1.59. The summed E-state index contributed by atoms with van der Waals surface area (Å²) in [6.07, 6.45) is 0.774. The van der Waals surface area contributed by atoms with Gasteiger partial charge in [0.25, 0.3) is 5.56 Å². The van der Waals surface area contributed by atoms with Gasteiger partial charge in [-0.15, -0.1) is 0 Å². The summed E-state index contributed by atoms with van der Waals surface area (Å²) in [6, 6.07) is 22.2. The second-order valence-corrected chi connectivity index (χ2v) is 8.98. The maximum atomic E-state index is 14.3. The number of aromatic nitrogens is 2. The van der Waals surface area contributed by atoms with E-state index in [0.717, 1.165) is 25.2 Å². The van der Waals surface area contributed by atoms with Gasteiger partial charge in [0.05, 0.1) is 10.9 Å². The molecule has 0 atom stereocenters. The van der Waals surface area contributed by atoms with E-state index in [1.165, 1.54) is 17.8 Å². The van der Waals surface area contributed by atoms with Gasteiger partial charge in [-0.05, 0) is 49.7 Å². The molecule has 0 unspecified atom stereocenters. The fourth-order valence-electron chi connectivity index (χ4n) is 3.79. The zero-order valence-corrected chi connectivity index (χ0v) is 20.0. The minimum Gasteiger partial charge on any atom is -0.372 e. The molecule has 4 rings (SSSR count). The number of thioether (sulfide) groups is 1. The number of para-hydroxylation sites is 2. The third kappa shape index (κ3) is 5.40. The first-order valence-electron chi connectivity index (χ1n) is 10.9. The summed E-state index contributed by atoms with van der Waals surface area (Å²) < 4.78 is 16.0. The van der Waals surface area contributed by atoms with Crippen LogP contribution in [-0.4, -0.2) is 22.6 Å². The van der Waals surface area contributed by atoms with Gasteiger partial charge in [-0.3, -0.25) is 9.36 Å². The summed E-state index contributed by atoms with van der Waals surface area (Å²) >= 11 is 7.54. The lowest BCUT2D eigenvalue weighted by Crippen LogP contribution is -2.28. The Morgan fingerprint density at radius 1 is 1.03 bits per heavy atom. The van der Waals surface area contributed by atoms with Gasteiger partial charge in [-0.1, -0.05) is 59.8 Å². The van der Waals surface area contributed by atoms with Crippen molar-refractivity contribution in [2.75, 3.05) is 18.0 Å². The molecule has 0 N–H and O–H groups in total. The number of halogens is 2. The smallest absolute Gasteiger partial charge is 0.262 e. The number of rotatable bonds is 9. The van der Waals surface area contributed by atoms with E-state index in [1.807, 2.05) is 36.4 Å². The van der Waals surface area contributed by atoms with Crippen molar-refractivity contribution in [2.45, 2.75) is 30.8 Å². The van der Waals surface area contributed by atoms with Crippen LogP contribution in [0.15, 0.2) is 82.7 Å². The average molecular weight is 482 g/mol. The molecule has 0 aliphatic rings. The number of anilines is 1.